The first-order chi connectivity index (χ1) is 18.3. The molecule has 4 aromatic rings. The number of anilines is 1. The van der Waals surface area contributed by atoms with Crippen LogP contribution >= 0.6 is 0 Å². The third-order valence-corrected chi connectivity index (χ3v) is 8.00. The second kappa shape index (κ2) is 10.5. The van der Waals surface area contributed by atoms with Crippen LogP contribution in [-0.4, -0.2) is 31.2 Å². The molecule has 1 aliphatic rings. The monoisotopic (exact) mass is 525 g/mol. The number of aliphatic imine (C=N–C) groups is 1. The van der Waals surface area contributed by atoms with Crippen molar-refractivity contribution in [1.29, 1.82) is 0 Å². The number of hydrogen-bond acceptors (Lipinski definition) is 5. The van der Waals surface area contributed by atoms with Crippen LogP contribution in [0.25, 0.3) is 0 Å². The van der Waals surface area contributed by atoms with E-state index >= 15 is 0 Å². The predicted molar refractivity (Wildman–Crippen MR) is 148 cm³/mol. The molecule has 1 saturated heterocycles. The van der Waals surface area contributed by atoms with E-state index in [2.05, 4.69) is 0 Å². The number of hydrogen-bond donors (Lipinski definition) is 0. The minimum absolute atomic E-state index is 0.143. The van der Waals surface area contributed by atoms with Gasteiger partial charge in [0.1, 0.15) is 5.75 Å². The molecule has 0 saturated carbocycles. The minimum atomic E-state index is -3.94. The van der Waals surface area contributed by atoms with Gasteiger partial charge in [0, 0.05) is 12.6 Å². The Hall–Kier alpha value is -4.43. The summed E-state index contributed by atoms with van der Waals surface area (Å²) in [6.07, 6.45) is 0. The molecule has 38 heavy (non-hydrogen) atoms. The summed E-state index contributed by atoms with van der Waals surface area (Å²) in [5.41, 5.74) is 3.27. The highest BCUT2D eigenvalue weighted by atomic mass is 32.2. The molecular weight excluding hydrogens is 498 g/mol. The topological polar surface area (TPSA) is 79.3 Å². The molecule has 0 radical (unpaired) electrons. The fourth-order valence-corrected chi connectivity index (χ4v) is 5.83. The number of nitrogens with zero attached hydrogens (tertiary/aromatic N) is 3. The number of carbonyl (C=O) groups is 1. The van der Waals surface area contributed by atoms with Gasteiger partial charge >= 0.3 is 5.97 Å². The molecule has 0 aromatic heterocycles. The summed E-state index contributed by atoms with van der Waals surface area (Å²) >= 11 is 0. The van der Waals surface area contributed by atoms with E-state index in [0.29, 0.717) is 17.4 Å². The first-order valence-corrected chi connectivity index (χ1v) is 13.6. The molecule has 1 fully saturated rings. The van der Waals surface area contributed by atoms with Crippen molar-refractivity contribution >= 4 is 33.3 Å². The van der Waals surface area contributed by atoms with E-state index in [1.807, 2.05) is 84.6 Å². The number of para-hydroxylation sites is 2. The van der Waals surface area contributed by atoms with Gasteiger partial charge in [-0.1, -0.05) is 66.2 Å². The molecule has 1 heterocycles. The van der Waals surface area contributed by atoms with Crippen LogP contribution in [0.1, 0.15) is 24.1 Å². The number of guanidine groups is 1. The van der Waals surface area contributed by atoms with E-state index in [4.69, 9.17) is 9.73 Å². The molecule has 1 unspecified atom stereocenters. The summed E-state index contributed by atoms with van der Waals surface area (Å²) in [5, 5.41) is 0. The fourth-order valence-electron chi connectivity index (χ4n) is 4.41. The normalized spacial score (nSPS) is 16.6. The highest BCUT2D eigenvalue weighted by Crippen LogP contribution is 2.38. The lowest BCUT2D eigenvalue weighted by Gasteiger charge is -2.26. The molecule has 8 heteroatoms. The fraction of sp³-hybridized carbons (Fsp3) is 0.133. The van der Waals surface area contributed by atoms with Crippen molar-refractivity contribution in [2.75, 3.05) is 11.4 Å². The average Bonchev–Trinajstić information content (AvgIpc) is 3.30. The molecule has 0 N–H and O–H groups in total. The third kappa shape index (κ3) is 5.17. The maximum Gasteiger partial charge on any atom is 0.308 e. The molecule has 0 aliphatic carbocycles. The zero-order valence-corrected chi connectivity index (χ0v) is 21.9. The molecule has 7 nitrogen and oxygen atoms in total. The highest BCUT2D eigenvalue weighted by molar-refractivity contribution is 7.89. The van der Waals surface area contributed by atoms with E-state index in [-0.39, 0.29) is 17.5 Å². The molecule has 192 valence electrons. The lowest BCUT2D eigenvalue weighted by molar-refractivity contribution is -0.131. The second-order valence-corrected chi connectivity index (χ2v) is 10.8. The Labute approximate surface area is 222 Å². The van der Waals surface area contributed by atoms with Crippen LogP contribution in [0.15, 0.2) is 119 Å². The zero-order valence-electron chi connectivity index (χ0n) is 21.1. The van der Waals surface area contributed by atoms with Gasteiger partial charge in [-0.15, -0.1) is 0 Å². The van der Waals surface area contributed by atoms with E-state index < -0.39 is 16.0 Å². The third-order valence-electron chi connectivity index (χ3n) is 6.24. The average molecular weight is 526 g/mol. The number of ether oxygens (including phenoxy) is 1. The quantitative estimate of drug-likeness (QED) is 0.233. The predicted octanol–water partition coefficient (Wildman–Crippen LogP) is 5.86. The first-order valence-electron chi connectivity index (χ1n) is 12.2. The number of rotatable bonds is 6. The summed E-state index contributed by atoms with van der Waals surface area (Å²) in [6.45, 7) is 3.41. The van der Waals surface area contributed by atoms with Crippen molar-refractivity contribution < 1.29 is 17.9 Å². The number of carbonyl (C=O) groups excluding carboxylic acids is 1. The van der Waals surface area contributed by atoms with E-state index in [1.54, 1.807) is 36.4 Å². The SMILES string of the molecule is CC(=O)Oc1ccc(C2CN(S(=O)(=O)c3ccc(C)cc3)C(=Nc3ccccc3)N2c2ccccc2)cc1. The first kappa shape index (κ1) is 25.2. The van der Waals surface area contributed by atoms with Crippen LogP contribution in [-0.2, 0) is 14.8 Å². The Morgan fingerprint density at radius 2 is 1.45 bits per heavy atom. The van der Waals surface area contributed by atoms with Gasteiger partial charge in [0.25, 0.3) is 10.0 Å². The van der Waals surface area contributed by atoms with Crippen molar-refractivity contribution in [2.45, 2.75) is 24.8 Å². The summed E-state index contributed by atoms with van der Waals surface area (Å²) < 4.78 is 34.7. The van der Waals surface area contributed by atoms with Gasteiger partial charge in [0.2, 0.25) is 5.96 Å². The lowest BCUT2D eigenvalue weighted by Crippen LogP contribution is -2.37. The van der Waals surface area contributed by atoms with Crippen LogP contribution in [0.5, 0.6) is 5.75 Å². The van der Waals surface area contributed by atoms with Gasteiger partial charge in [-0.2, -0.15) is 0 Å². The van der Waals surface area contributed by atoms with Gasteiger partial charge in [-0.05, 0) is 61.0 Å². The Bertz CT molecular complexity index is 1550. The summed E-state index contributed by atoms with van der Waals surface area (Å²) in [4.78, 5) is 18.4. The molecule has 4 aromatic carbocycles. The molecule has 5 rings (SSSR count). The highest BCUT2D eigenvalue weighted by Gasteiger charge is 2.44. The van der Waals surface area contributed by atoms with Gasteiger partial charge in [0.05, 0.1) is 23.2 Å². The van der Waals surface area contributed by atoms with Crippen molar-refractivity contribution in [1.82, 2.24) is 4.31 Å². The summed E-state index contributed by atoms with van der Waals surface area (Å²) in [7, 11) is -3.94. The smallest absolute Gasteiger partial charge is 0.308 e. The van der Waals surface area contributed by atoms with Gasteiger partial charge in [-0.25, -0.2) is 17.7 Å². The van der Waals surface area contributed by atoms with Crippen molar-refractivity contribution in [3.8, 4) is 5.75 Å². The second-order valence-electron chi connectivity index (χ2n) is 8.98. The molecule has 0 spiro atoms. The van der Waals surface area contributed by atoms with E-state index in [0.717, 1.165) is 16.8 Å². The largest absolute Gasteiger partial charge is 0.427 e. The molecule has 0 amide bonds. The Morgan fingerprint density at radius 3 is 2.05 bits per heavy atom. The van der Waals surface area contributed by atoms with Crippen molar-refractivity contribution in [3.05, 3.63) is 120 Å². The van der Waals surface area contributed by atoms with E-state index in [1.165, 1.54) is 11.2 Å². The summed E-state index contributed by atoms with van der Waals surface area (Å²) in [5.74, 6) is 0.321. The standard InChI is InChI=1S/C30H27N3O4S/c1-22-13-19-28(20-14-22)38(35,36)32-21-29(24-15-17-27(18-16-24)37-23(2)34)33(26-11-7-4-8-12-26)30(32)31-25-9-5-3-6-10-25/h3-20,29H,21H2,1-2H3. The molecule has 1 aliphatic heterocycles. The van der Waals surface area contributed by atoms with Crippen LogP contribution in [0.4, 0.5) is 11.4 Å². The number of aryl methyl sites for hydroxylation is 1. The van der Waals surface area contributed by atoms with Crippen molar-refractivity contribution in [3.63, 3.8) is 0 Å². The zero-order chi connectivity index (χ0) is 26.7. The van der Waals surface area contributed by atoms with Crippen LogP contribution < -0.4 is 9.64 Å². The number of esters is 1. The molecule has 1 atom stereocenters. The van der Waals surface area contributed by atoms with Gasteiger partial charge in [0.15, 0.2) is 0 Å². The van der Waals surface area contributed by atoms with Crippen molar-refractivity contribution in [2.24, 2.45) is 4.99 Å². The van der Waals surface area contributed by atoms with Crippen LogP contribution in [0.3, 0.4) is 0 Å². The summed E-state index contributed by atoms with van der Waals surface area (Å²) in [6, 6.07) is 32.5. The van der Waals surface area contributed by atoms with Crippen LogP contribution in [0.2, 0.25) is 0 Å². The van der Waals surface area contributed by atoms with E-state index in [9.17, 15) is 13.2 Å². The Morgan fingerprint density at radius 1 is 0.842 bits per heavy atom. The maximum absolute atomic E-state index is 14.0. The Balaban J connectivity index is 1.67. The lowest BCUT2D eigenvalue weighted by atomic mass is 10.1. The number of sulfonamides is 1. The Kier molecular flexibility index (Phi) is 6.98. The van der Waals surface area contributed by atoms with Crippen LogP contribution in [0, 0.1) is 6.92 Å². The van der Waals surface area contributed by atoms with Gasteiger partial charge < -0.3 is 9.64 Å². The minimum Gasteiger partial charge on any atom is -0.427 e. The molecular formula is C30H27N3O4S. The molecule has 0 bridgehead atoms. The maximum atomic E-state index is 14.0. The van der Waals surface area contributed by atoms with Gasteiger partial charge in [-0.3, -0.25) is 4.79 Å². The number of benzene rings is 4.